The van der Waals surface area contributed by atoms with Gasteiger partial charge < -0.3 is 31.9 Å². The van der Waals surface area contributed by atoms with Crippen LogP contribution in [0.1, 0.15) is 20.3 Å². The van der Waals surface area contributed by atoms with Gasteiger partial charge in [0.15, 0.2) is 0 Å². The SMILES string of the molecule is CC(N)C(=O)NC(C)C(=O)NCC(=O)NC(CC(=O)O)C(=O)O. The summed E-state index contributed by atoms with van der Waals surface area (Å²) in [6.45, 7) is 2.24. The van der Waals surface area contributed by atoms with Crippen LogP contribution in [0.5, 0.6) is 0 Å². The van der Waals surface area contributed by atoms with Crippen LogP contribution >= 0.6 is 0 Å². The van der Waals surface area contributed by atoms with Gasteiger partial charge in [-0.15, -0.1) is 0 Å². The number of nitrogens with one attached hydrogen (secondary N) is 3. The van der Waals surface area contributed by atoms with E-state index >= 15 is 0 Å². The Hall–Kier alpha value is -2.69. The predicted octanol–water partition coefficient (Wildman–Crippen LogP) is -3.00. The summed E-state index contributed by atoms with van der Waals surface area (Å²) >= 11 is 0. The van der Waals surface area contributed by atoms with Crippen LogP contribution in [0.15, 0.2) is 0 Å². The molecular formula is C12H20N4O7. The molecule has 0 saturated heterocycles. The number of aliphatic carboxylic acids is 2. The van der Waals surface area contributed by atoms with E-state index in [4.69, 9.17) is 15.9 Å². The minimum Gasteiger partial charge on any atom is -0.481 e. The minimum atomic E-state index is -1.60. The summed E-state index contributed by atoms with van der Waals surface area (Å²) < 4.78 is 0. The summed E-state index contributed by atoms with van der Waals surface area (Å²) in [7, 11) is 0. The van der Waals surface area contributed by atoms with Crippen LogP contribution < -0.4 is 21.7 Å². The second-order valence-electron chi connectivity index (χ2n) is 4.79. The van der Waals surface area contributed by atoms with E-state index in [0.29, 0.717) is 0 Å². The second kappa shape index (κ2) is 9.35. The number of hydrogen-bond acceptors (Lipinski definition) is 6. The van der Waals surface area contributed by atoms with Gasteiger partial charge in [0.25, 0.3) is 0 Å². The average molecular weight is 332 g/mol. The van der Waals surface area contributed by atoms with E-state index in [1.807, 2.05) is 5.32 Å². The van der Waals surface area contributed by atoms with Gasteiger partial charge in [-0.05, 0) is 13.8 Å². The fourth-order valence-electron chi connectivity index (χ4n) is 1.35. The van der Waals surface area contributed by atoms with E-state index in [1.54, 1.807) is 0 Å². The van der Waals surface area contributed by atoms with E-state index in [0.717, 1.165) is 0 Å². The summed E-state index contributed by atoms with van der Waals surface area (Å²) in [5.41, 5.74) is 5.32. The van der Waals surface area contributed by atoms with Crippen molar-refractivity contribution in [3.63, 3.8) is 0 Å². The largest absolute Gasteiger partial charge is 0.481 e. The number of amides is 3. The molecule has 0 saturated carbocycles. The standard InChI is InChI=1S/C12H20N4O7/c1-5(13)10(20)15-6(2)11(21)14-4-8(17)16-7(12(22)23)3-9(18)19/h5-7H,3-4,13H2,1-2H3,(H,14,21)(H,15,20)(H,16,17)(H,18,19)(H,22,23). The minimum absolute atomic E-state index is 0.551. The van der Waals surface area contributed by atoms with Crippen LogP contribution in [0, 0.1) is 0 Å². The zero-order valence-corrected chi connectivity index (χ0v) is 12.7. The first-order valence-electron chi connectivity index (χ1n) is 6.62. The summed E-state index contributed by atoms with van der Waals surface area (Å²) in [6.07, 6.45) is -0.796. The predicted molar refractivity (Wildman–Crippen MR) is 76.1 cm³/mol. The Morgan fingerprint density at radius 2 is 1.57 bits per heavy atom. The highest BCUT2D eigenvalue weighted by atomic mass is 16.4. The first-order valence-corrected chi connectivity index (χ1v) is 6.62. The van der Waals surface area contributed by atoms with E-state index < -0.39 is 60.8 Å². The third-order valence-corrected chi connectivity index (χ3v) is 2.60. The number of rotatable bonds is 9. The number of carbonyl (C=O) groups excluding carboxylic acids is 3. The number of hydrogen-bond donors (Lipinski definition) is 6. The summed E-state index contributed by atoms with van der Waals surface area (Å²) in [5, 5.41) is 23.7. The smallest absolute Gasteiger partial charge is 0.326 e. The Labute approximate surface area is 131 Å². The molecule has 0 aliphatic carbocycles. The van der Waals surface area contributed by atoms with Crippen molar-refractivity contribution >= 4 is 29.7 Å². The maximum absolute atomic E-state index is 11.6. The molecule has 3 atom stereocenters. The molecular weight excluding hydrogens is 312 g/mol. The Morgan fingerprint density at radius 1 is 1.00 bits per heavy atom. The highest BCUT2D eigenvalue weighted by molar-refractivity contribution is 5.92. The van der Waals surface area contributed by atoms with Crippen molar-refractivity contribution in [2.75, 3.05) is 6.54 Å². The molecule has 11 nitrogen and oxygen atoms in total. The fraction of sp³-hybridized carbons (Fsp3) is 0.583. The van der Waals surface area contributed by atoms with Crippen LogP contribution in [0.4, 0.5) is 0 Å². The van der Waals surface area contributed by atoms with Gasteiger partial charge >= 0.3 is 11.9 Å². The Bertz CT molecular complexity index is 492. The summed E-state index contributed by atoms with van der Waals surface area (Å²) in [6, 6.07) is -3.36. The molecule has 0 aliphatic heterocycles. The van der Waals surface area contributed by atoms with Gasteiger partial charge in [0.2, 0.25) is 17.7 Å². The molecule has 0 bridgehead atoms. The Kier molecular flexibility index (Phi) is 8.26. The quantitative estimate of drug-likeness (QED) is 0.257. The summed E-state index contributed by atoms with van der Waals surface area (Å²) in [4.78, 5) is 55.7. The van der Waals surface area contributed by atoms with Crippen LogP contribution in [0.25, 0.3) is 0 Å². The van der Waals surface area contributed by atoms with Gasteiger partial charge in [-0.3, -0.25) is 19.2 Å². The Morgan fingerprint density at radius 3 is 2.00 bits per heavy atom. The van der Waals surface area contributed by atoms with Crippen molar-refractivity contribution < 1.29 is 34.2 Å². The van der Waals surface area contributed by atoms with Gasteiger partial charge in [-0.25, -0.2) is 4.79 Å². The molecule has 0 heterocycles. The molecule has 3 unspecified atom stereocenters. The molecule has 0 aromatic rings. The average Bonchev–Trinajstić information content (AvgIpc) is 2.42. The molecule has 23 heavy (non-hydrogen) atoms. The lowest BCUT2D eigenvalue weighted by atomic mass is 10.2. The molecule has 0 aliphatic rings. The topological polar surface area (TPSA) is 188 Å². The molecule has 0 rings (SSSR count). The van der Waals surface area contributed by atoms with Crippen molar-refractivity contribution in [2.45, 2.75) is 38.4 Å². The monoisotopic (exact) mass is 332 g/mol. The first-order chi connectivity index (χ1) is 10.5. The van der Waals surface area contributed by atoms with Crippen molar-refractivity contribution in [3.05, 3.63) is 0 Å². The van der Waals surface area contributed by atoms with E-state index in [9.17, 15) is 24.0 Å². The molecule has 3 amide bonds. The molecule has 7 N–H and O–H groups in total. The maximum Gasteiger partial charge on any atom is 0.326 e. The van der Waals surface area contributed by atoms with E-state index in [1.165, 1.54) is 13.8 Å². The van der Waals surface area contributed by atoms with Gasteiger partial charge in [0.1, 0.15) is 12.1 Å². The highest BCUT2D eigenvalue weighted by Crippen LogP contribution is 1.92. The van der Waals surface area contributed by atoms with E-state index in [-0.39, 0.29) is 0 Å². The van der Waals surface area contributed by atoms with Crippen molar-refractivity contribution in [1.82, 2.24) is 16.0 Å². The lowest BCUT2D eigenvalue weighted by molar-refractivity contribution is -0.147. The molecule has 0 fully saturated rings. The van der Waals surface area contributed by atoms with Crippen LogP contribution in [0.3, 0.4) is 0 Å². The molecule has 0 aromatic carbocycles. The van der Waals surface area contributed by atoms with Crippen molar-refractivity contribution in [3.8, 4) is 0 Å². The van der Waals surface area contributed by atoms with Crippen molar-refractivity contribution in [2.24, 2.45) is 5.73 Å². The maximum atomic E-state index is 11.6. The second-order valence-corrected chi connectivity index (χ2v) is 4.79. The third kappa shape index (κ3) is 8.36. The van der Waals surface area contributed by atoms with Gasteiger partial charge in [0.05, 0.1) is 19.0 Å². The number of nitrogens with two attached hydrogens (primary N) is 1. The van der Waals surface area contributed by atoms with Crippen LogP contribution in [-0.2, 0) is 24.0 Å². The first kappa shape index (κ1) is 20.3. The molecule has 0 spiro atoms. The van der Waals surface area contributed by atoms with Crippen LogP contribution in [-0.4, -0.2) is 64.5 Å². The molecule has 0 aromatic heterocycles. The van der Waals surface area contributed by atoms with Crippen molar-refractivity contribution in [1.29, 1.82) is 0 Å². The third-order valence-electron chi connectivity index (χ3n) is 2.60. The van der Waals surface area contributed by atoms with Gasteiger partial charge in [-0.2, -0.15) is 0 Å². The van der Waals surface area contributed by atoms with E-state index in [2.05, 4.69) is 10.6 Å². The zero-order valence-electron chi connectivity index (χ0n) is 12.7. The number of carbonyl (C=O) groups is 5. The van der Waals surface area contributed by atoms with Gasteiger partial charge in [-0.1, -0.05) is 0 Å². The normalized spacial score (nSPS) is 14.0. The van der Waals surface area contributed by atoms with Crippen LogP contribution in [0.2, 0.25) is 0 Å². The molecule has 130 valence electrons. The number of carboxylic acid groups (broad SMARTS) is 2. The Balaban J connectivity index is 4.36. The highest BCUT2D eigenvalue weighted by Gasteiger charge is 2.23. The summed E-state index contributed by atoms with van der Waals surface area (Å²) in [5.74, 6) is -5.01. The lowest BCUT2D eigenvalue weighted by Crippen LogP contribution is -2.52. The van der Waals surface area contributed by atoms with Gasteiger partial charge in [0, 0.05) is 0 Å². The zero-order chi connectivity index (χ0) is 18.2. The fourth-order valence-corrected chi connectivity index (χ4v) is 1.35. The number of carboxylic acids is 2. The molecule has 0 radical (unpaired) electrons. The molecule has 11 heteroatoms. The lowest BCUT2D eigenvalue weighted by Gasteiger charge is -2.16.